The number of hydrogen-bond acceptors (Lipinski definition) is 5. The van der Waals surface area contributed by atoms with Gasteiger partial charge in [0.25, 0.3) is 5.56 Å². The highest BCUT2D eigenvalue weighted by Gasteiger charge is 2.28. The summed E-state index contributed by atoms with van der Waals surface area (Å²) < 4.78 is 4.19. The Morgan fingerprint density at radius 3 is 2.43 bits per heavy atom. The topological polar surface area (TPSA) is 82.1 Å². The normalized spacial score (nSPS) is 18.7. The van der Waals surface area contributed by atoms with Gasteiger partial charge in [0.05, 0.1) is 13.1 Å². The van der Waals surface area contributed by atoms with Crippen LogP contribution in [-0.4, -0.2) is 42.0 Å². The number of Topliss-reactive ketones (excluding diaryl/α,β-unsaturated/α-hetero) is 1. The predicted octanol–water partition coefficient (Wildman–Crippen LogP) is 1.42. The van der Waals surface area contributed by atoms with Gasteiger partial charge in [0.2, 0.25) is 0 Å². The van der Waals surface area contributed by atoms with Gasteiger partial charge >= 0.3 is 5.69 Å². The highest BCUT2D eigenvalue weighted by atomic mass is 16.2. The summed E-state index contributed by atoms with van der Waals surface area (Å²) in [5.74, 6) is 0.690. The summed E-state index contributed by atoms with van der Waals surface area (Å²) in [6.45, 7) is 9.41. The van der Waals surface area contributed by atoms with Crippen molar-refractivity contribution < 1.29 is 4.79 Å². The third-order valence-electron chi connectivity index (χ3n) is 5.85. The monoisotopic (exact) mass is 389 g/mol. The van der Waals surface area contributed by atoms with E-state index in [1.165, 1.54) is 18.0 Å². The maximum absolute atomic E-state index is 12.9. The fourth-order valence-electron chi connectivity index (χ4n) is 3.74. The van der Waals surface area contributed by atoms with Crippen LogP contribution >= 0.6 is 0 Å². The predicted molar refractivity (Wildman–Crippen MR) is 108 cm³/mol. The fraction of sp³-hybridized carbons (Fsp3) is 0.700. The number of nitrogens with zero attached hydrogens (tertiary/aromatic N) is 5. The van der Waals surface area contributed by atoms with Gasteiger partial charge in [-0.15, -0.1) is 0 Å². The summed E-state index contributed by atoms with van der Waals surface area (Å²) in [5, 5.41) is 0. The molecule has 28 heavy (non-hydrogen) atoms. The maximum atomic E-state index is 12.9. The van der Waals surface area contributed by atoms with Gasteiger partial charge in [-0.2, -0.15) is 0 Å². The Morgan fingerprint density at radius 1 is 1.14 bits per heavy atom. The van der Waals surface area contributed by atoms with Crippen LogP contribution in [0.5, 0.6) is 0 Å². The molecule has 0 aliphatic carbocycles. The Labute approximate surface area is 164 Å². The van der Waals surface area contributed by atoms with Crippen LogP contribution in [0, 0.1) is 5.41 Å². The molecule has 1 saturated heterocycles. The number of hydrogen-bond donors (Lipinski definition) is 0. The van der Waals surface area contributed by atoms with Crippen molar-refractivity contribution in [3.8, 4) is 0 Å². The van der Waals surface area contributed by atoms with Crippen LogP contribution < -0.4 is 11.2 Å². The van der Waals surface area contributed by atoms with Crippen molar-refractivity contribution in [3.63, 3.8) is 0 Å². The smallest absolute Gasteiger partial charge is 0.313 e. The highest BCUT2D eigenvalue weighted by Crippen LogP contribution is 2.22. The van der Waals surface area contributed by atoms with Crippen molar-refractivity contribution in [2.45, 2.75) is 66.1 Å². The molecule has 0 N–H and O–H groups in total. The van der Waals surface area contributed by atoms with E-state index in [2.05, 4.69) is 16.8 Å². The Balaban J connectivity index is 2.18. The first-order valence-corrected chi connectivity index (χ1v) is 9.95. The molecule has 3 heterocycles. The van der Waals surface area contributed by atoms with Gasteiger partial charge in [-0.1, -0.05) is 27.2 Å². The number of aromatic nitrogens is 4. The fourth-order valence-corrected chi connectivity index (χ4v) is 3.74. The Bertz CT molecular complexity index is 1020. The van der Waals surface area contributed by atoms with Crippen LogP contribution in [0.15, 0.2) is 9.59 Å². The molecule has 0 unspecified atom stereocenters. The first-order chi connectivity index (χ1) is 13.0. The average molecular weight is 390 g/mol. The van der Waals surface area contributed by atoms with Crippen molar-refractivity contribution in [2.24, 2.45) is 19.5 Å². The van der Waals surface area contributed by atoms with E-state index in [9.17, 15) is 14.4 Å². The van der Waals surface area contributed by atoms with Crippen molar-refractivity contribution in [3.05, 3.63) is 26.7 Å². The second kappa shape index (κ2) is 7.31. The van der Waals surface area contributed by atoms with E-state index in [1.54, 1.807) is 11.6 Å². The standard InChI is InChI=1S/C20H31N5O3/c1-13-9-7-8-10-24(13)12-15-21-17-16(18(27)23(6)19(28)22(17)5)25(15)11-14(26)20(2,3)4/h13H,7-12H2,1-6H3/t13-/m0/s1. The number of imidazole rings is 1. The molecule has 8 heteroatoms. The SMILES string of the molecule is C[C@H]1CCCCN1Cc1nc2c(c(=O)n(C)c(=O)n2C)n1CC(=O)C(C)(C)C. The second-order valence-electron chi connectivity index (χ2n) is 8.98. The second-order valence-corrected chi connectivity index (χ2v) is 8.98. The zero-order valence-electron chi connectivity index (χ0n) is 17.8. The molecule has 1 aliphatic rings. The molecule has 1 fully saturated rings. The van der Waals surface area contributed by atoms with Crippen LogP contribution in [0.3, 0.4) is 0 Å². The minimum absolute atomic E-state index is 0.0237. The lowest BCUT2D eigenvalue weighted by molar-refractivity contribution is -0.126. The summed E-state index contributed by atoms with van der Waals surface area (Å²) in [6, 6.07) is 0.423. The van der Waals surface area contributed by atoms with Gasteiger partial charge in [0, 0.05) is 25.6 Å². The molecule has 0 saturated carbocycles. The number of carbonyl (C=O) groups is 1. The Hall–Kier alpha value is -2.22. The number of aryl methyl sites for hydroxylation is 1. The van der Waals surface area contributed by atoms with Crippen molar-refractivity contribution in [1.82, 2.24) is 23.6 Å². The van der Waals surface area contributed by atoms with Gasteiger partial charge in [0.15, 0.2) is 16.9 Å². The highest BCUT2D eigenvalue weighted by molar-refractivity contribution is 5.85. The molecule has 0 amide bonds. The molecule has 0 radical (unpaired) electrons. The van der Waals surface area contributed by atoms with Crippen molar-refractivity contribution >= 4 is 16.9 Å². The molecular weight excluding hydrogens is 358 g/mol. The lowest BCUT2D eigenvalue weighted by Crippen LogP contribution is -2.39. The van der Waals surface area contributed by atoms with E-state index in [0.29, 0.717) is 29.6 Å². The van der Waals surface area contributed by atoms with Crippen LogP contribution in [0.25, 0.3) is 11.2 Å². The Morgan fingerprint density at radius 2 is 1.82 bits per heavy atom. The minimum atomic E-state index is -0.530. The zero-order chi connectivity index (χ0) is 20.8. The average Bonchev–Trinajstić information content (AvgIpc) is 2.97. The number of carbonyl (C=O) groups excluding carboxylic acids is 1. The van der Waals surface area contributed by atoms with E-state index in [4.69, 9.17) is 0 Å². The van der Waals surface area contributed by atoms with Crippen LogP contribution in [0.1, 0.15) is 52.8 Å². The molecule has 8 nitrogen and oxygen atoms in total. The maximum Gasteiger partial charge on any atom is 0.332 e. The lowest BCUT2D eigenvalue weighted by Gasteiger charge is -2.33. The molecule has 2 aromatic heterocycles. The van der Waals surface area contributed by atoms with Crippen LogP contribution in [0.4, 0.5) is 0 Å². The summed E-state index contributed by atoms with van der Waals surface area (Å²) in [4.78, 5) is 45.0. The van der Waals surface area contributed by atoms with Crippen molar-refractivity contribution in [2.75, 3.05) is 6.54 Å². The first kappa shape index (κ1) is 20.5. The third-order valence-corrected chi connectivity index (χ3v) is 5.85. The molecule has 1 aliphatic heterocycles. The Kier molecular flexibility index (Phi) is 5.36. The van der Waals surface area contributed by atoms with Gasteiger partial charge < -0.3 is 4.57 Å². The van der Waals surface area contributed by atoms with E-state index in [0.717, 1.165) is 24.0 Å². The number of ketones is 1. The van der Waals surface area contributed by atoms with Crippen molar-refractivity contribution in [1.29, 1.82) is 0 Å². The largest absolute Gasteiger partial charge is 0.332 e. The van der Waals surface area contributed by atoms with Gasteiger partial charge in [-0.3, -0.25) is 23.6 Å². The molecule has 154 valence electrons. The summed E-state index contributed by atoms with van der Waals surface area (Å²) in [6.07, 6.45) is 3.47. The van der Waals surface area contributed by atoms with Gasteiger partial charge in [0.1, 0.15) is 5.82 Å². The van der Waals surface area contributed by atoms with E-state index < -0.39 is 16.7 Å². The summed E-state index contributed by atoms with van der Waals surface area (Å²) in [5.41, 5.74) is -0.693. The number of likely N-dealkylation sites (tertiary alicyclic amines) is 1. The number of rotatable bonds is 4. The van der Waals surface area contributed by atoms with E-state index >= 15 is 0 Å². The molecule has 0 aromatic carbocycles. The first-order valence-electron chi connectivity index (χ1n) is 9.95. The quantitative estimate of drug-likeness (QED) is 0.790. The third kappa shape index (κ3) is 3.57. The molecule has 1 atom stereocenters. The molecule has 0 bridgehead atoms. The summed E-state index contributed by atoms with van der Waals surface area (Å²) in [7, 11) is 3.07. The zero-order valence-corrected chi connectivity index (χ0v) is 17.8. The number of piperidine rings is 1. The molecule has 3 rings (SSSR count). The van der Waals surface area contributed by atoms with Crippen LogP contribution in [-0.2, 0) is 32.0 Å². The minimum Gasteiger partial charge on any atom is -0.313 e. The van der Waals surface area contributed by atoms with Gasteiger partial charge in [-0.25, -0.2) is 9.78 Å². The molecule has 2 aromatic rings. The summed E-state index contributed by atoms with van der Waals surface area (Å²) >= 11 is 0. The van der Waals surface area contributed by atoms with Crippen LogP contribution in [0.2, 0.25) is 0 Å². The number of fused-ring (bicyclic) bond motifs is 1. The van der Waals surface area contributed by atoms with E-state index in [-0.39, 0.29) is 12.3 Å². The van der Waals surface area contributed by atoms with Gasteiger partial charge in [-0.05, 0) is 26.3 Å². The molecule has 0 spiro atoms. The molecular formula is C20H31N5O3. The van der Waals surface area contributed by atoms with E-state index in [1.807, 2.05) is 20.8 Å². The lowest BCUT2D eigenvalue weighted by atomic mass is 9.91.